The Bertz CT molecular complexity index is 752. The van der Waals surface area contributed by atoms with Gasteiger partial charge in [0.15, 0.2) is 0 Å². The van der Waals surface area contributed by atoms with Crippen molar-refractivity contribution >= 4 is 21.8 Å². The number of carbonyl (C=O) groups excluding carboxylic acids is 1. The van der Waals surface area contributed by atoms with Gasteiger partial charge in [0.05, 0.1) is 17.8 Å². The molecule has 2 aliphatic rings. The topological polar surface area (TPSA) is 96.2 Å². The molecule has 9 heteroatoms. The third kappa shape index (κ3) is 3.85. The Morgan fingerprint density at radius 2 is 1.62 bits per heavy atom. The largest absolute Gasteiger partial charge is 0.398 e. The van der Waals surface area contributed by atoms with Crippen molar-refractivity contribution in [3.05, 3.63) is 29.8 Å². The van der Waals surface area contributed by atoms with Gasteiger partial charge in [-0.05, 0) is 26.0 Å². The van der Waals surface area contributed by atoms with E-state index < -0.39 is 10.2 Å². The Morgan fingerprint density at radius 3 is 2.19 bits per heavy atom. The molecule has 144 valence electrons. The highest BCUT2D eigenvalue weighted by Crippen LogP contribution is 2.20. The summed E-state index contributed by atoms with van der Waals surface area (Å²) in [6.07, 6.45) is -0.255. The molecule has 2 aliphatic heterocycles. The zero-order valence-electron chi connectivity index (χ0n) is 15.2. The fourth-order valence-corrected chi connectivity index (χ4v) is 5.21. The van der Waals surface area contributed by atoms with Crippen LogP contribution in [-0.2, 0) is 14.9 Å². The second kappa shape index (κ2) is 7.51. The Morgan fingerprint density at radius 1 is 1.04 bits per heavy atom. The number of anilines is 1. The molecule has 0 aliphatic carbocycles. The number of nitrogens with zero attached hydrogens (tertiary/aromatic N) is 3. The number of piperazine rings is 1. The van der Waals surface area contributed by atoms with Crippen molar-refractivity contribution < 1.29 is 17.9 Å². The van der Waals surface area contributed by atoms with Gasteiger partial charge in [0, 0.05) is 45.0 Å². The first-order valence-corrected chi connectivity index (χ1v) is 10.2. The zero-order valence-corrected chi connectivity index (χ0v) is 16.0. The van der Waals surface area contributed by atoms with Gasteiger partial charge in [-0.1, -0.05) is 12.1 Å². The zero-order chi connectivity index (χ0) is 18.9. The van der Waals surface area contributed by atoms with E-state index in [1.807, 2.05) is 13.8 Å². The van der Waals surface area contributed by atoms with Gasteiger partial charge in [-0.2, -0.15) is 17.0 Å². The summed E-state index contributed by atoms with van der Waals surface area (Å²) in [5, 5.41) is 0. The molecule has 0 spiro atoms. The monoisotopic (exact) mass is 382 g/mol. The molecule has 0 radical (unpaired) electrons. The molecule has 1 aromatic rings. The summed E-state index contributed by atoms with van der Waals surface area (Å²) < 4.78 is 34.4. The quantitative estimate of drug-likeness (QED) is 0.763. The van der Waals surface area contributed by atoms with Gasteiger partial charge in [-0.3, -0.25) is 4.79 Å². The summed E-state index contributed by atoms with van der Waals surface area (Å²) in [7, 11) is -3.55. The molecule has 0 bridgehead atoms. The SMILES string of the molecule is CC1CN(S(=O)(=O)N2CCN(C(=O)c3ccccc3N)CC2)CC(C)O1. The van der Waals surface area contributed by atoms with Gasteiger partial charge in [-0.15, -0.1) is 0 Å². The van der Waals surface area contributed by atoms with Crippen molar-refractivity contribution in [1.82, 2.24) is 13.5 Å². The van der Waals surface area contributed by atoms with E-state index in [0.29, 0.717) is 37.4 Å². The van der Waals surface area contributed by atoms with Gasteiger partial charge in [-0.25, -0.2) is 0 Å². The average Bonchev–Trinajstić information content (AvgIpc) is 2.61. The normalized spacial score (nSPS) is 26.0. The molecule has 2 heterocycles. The first-order valence-electron chi connectivity index (χ1n) is 8.83. The fraction of sp³-hybridized carbons (Fsp3) is 0.588. The molecule has 2 fully saturated rings. The second-order valence-corrected chi connectivity index (χ2v) is 8.79. The number of carbonyl (C=O) groups is 1. The Kier molecular flexibility index (Phi) is 5.52. The van der Waals surface area contributed by atoms with E-state index in [2.05, 4.69) is 0 Å². The van der Waals surface area contributed by atoms with Gasteiger partial charge < -0.3 is 15.4 Å². The maximum Gasteiger partial charge on any atom is 0.282 e. The summed E-state index contributed by atoms with van der Waals surface area (Å²) in [5.41, 5.74) is 6.77. The lowest BCUT2D eigenvalue weighted by Crippen LogP contribution is -2.57. The summed E-state index contributed by atoms with van der Waals surface area (Å²) in [5.74, 6) is -0.159. The van der Waals surface area contributed by atoms with Crippen molar-refractivity contribution in [3.8, 4) is 0 Å². The maximum absolute atomic E-state index is 12.9. The van der Waals surface area contributed by atoms with Crippen LogP contribution in [0.3, 0.4) is 0 Å². The van der Waals surface area contributed by atoms with Crippen LogP contribution in [-0.4, -0.2) is 79.3 Å². The highest BCUT2D eigenvalue weighted by Gasteiger charge is 2.37. The number of ether oxygens (including phenoxy) is 1. The van der Waals surface area contributed by atoms with Crippen LogP contribution in [0.25, 0.3) is 0 Å². The van der Waals surface area contributed by atoms with E-state index >= 15 is 0 Å². The molecule has 2 unspecified atom stereocenters. The smallest absolute Gasteiger partial charge is 0.282 e. The highest BCUT2D eigenvalue weighted by molar-refractivity contribution is 7.86. The Labute approximate surface area is 154 Å². The van der Waals surface area contributed by atoms with Crippen molar-refractivity contribution in [2.45, 2.75) is 26.1 Å². The van der Waals surface area contributed by atoms with E-state index in [4.69, 9.17) is 10.5 Å². The Hall–Kier alpha value is -1.68. The number of rotatable bonds is 3. The van der Waals surface area contributed by atoms with Gasteiger partial charge in [0.1, 0.15) is 0 Å². The molecule has 26 heavy (non-hydrogen) atoms. The van der Waals surface area contributed by atoms with Crippen molar-refractivity contribution in [3.63, 3.8) is 0 Å². The summed E-state index contributed by atoms with van der Waals surface area (Å²) >= 11 is 0. The van der Waals surface area contributed by atoms with Crippen molar-refractivity contribution in [2.75, 3.05) is 45.0 Å². The molecular formula is C17H26N4O4S. The third-order valence-corrected chi connectivity index (χ3v) is 6.72. The minimum Gasteiger partial charge on any atom is -0.398 e. The standard InChI is InChI=1S/C17H26N4O4S/c1-13-11-21(12-14(2)25-13)26(23,24)20-9-7-19(8-10-20)17(22)15-5-3-4-6-16(15)18/h3-6,13-14H,7-12,18H2,1-2H3. The average molecular weight is 382 g/mol. The van der Waals surface area contributed by atoms with Crippen molar-refractivity contribution in [1.29, 1.82) is 0 Å². The minimum atomic E-state index is -3.55. The van der Waals surface area contributed by atoms with E-state index in [0.717, 1.165) is 0 Å². The fourth-order valence-electron chi connectivity index (χ4n) is 3.47. The summed E-state index contributed by atoms with van der Waals surface area (Å²) in [6, 6.07) is 6.93. The molecule has 3 rings (SSSR count). The van der Waals surface area contributed by atoms with Crippen LogP contribution in [0.15, 0.2) is 24.3 Å². The maximum atomic E-state index is 12.9. The van der Waals surface area contributed by atoms with Gasteiger partial charge in [0.25, 0.3) is 16.1 Å². The molecule has 2 atom stereocenters. The number of benzene rings is 1. The van der Waals surface area contributed by atoms with Crippen molar-refractivity contribution in [2.24, 2.45) is 0 Å². The van der Waals surface area contributed by atoms with E-state index in [1.165, 1.54) is 8.61 Å². The number of hydrogen-bond acceptors (Lipinski definition) is 5. The molecule has 8 nitrogen and oxygen atoms in total. The molecule has 2 N–H and O–H groups in total. The van der Waals surface area contributed by atoms with Gasteiger partial charge >= 0.3 is 0 Å². The van der Waals surface area contributed by atoms with E-state index in [-0.39, 0.29) is 31.2 Å². The number of nitrogen functional groups attached to an aromatic ring is 1. The number of nitrogens with two attached hydrogens (primary N) is 1. The number of para-hydroxylation sites is 1. The predicted molar refractivity (Wildman–Crippen MR) is 98.8 cm³/mol. The lowest BCUT2D eigenvalue weighted by molar-refractivity contribution is -0.0457. The summed E-state index contributed by atoms with van der Waals surface area (Å²) in [4.78, 5) is 14.3. The lowest BCUT2D eigenvalue weighted by atomic mass is 10.1. The third-order valence-electron chi connectivity index (χ3n) is 4.76. The minimum absolute atomic E-state index is 0.127. The first-order chi connectivity index (χ1) is 12.3. The van der Waals surface area contributed by atoms with Crippen LogP contribution in [0.2, 0.25) is 0 Å². The second-order valence-electron chi connectivity index (χ2n) is 6.86. The van der Waals surface area contributed by atoms with Crippen LogP contribution < -0.4 is 5.73 Å². The van der Waals surface area contributed by atoms with Crippen LogP contribution in [0.1, 0.15) is 24.2 Å². The number of hydrogen-bond donors (Lipinski definition) is 1. The first kappa shape index (κ1) is 19.1. The highest BCUT2D eigenvalue weighted by atomic mass is 32.2. The molecule has 1 aromatic carbocycles. The Balaban J connectivity index is 1.64. The predicted octanol–water partition coefficient (Wildman–Crippen LogP) is 0.381. The molecule has 0 aromatic heterocycles. The molecule has 1 amide bonds. The molecule has 2 saturated heterocycles. The molecule has 0 saturated carbocycles. The van der Waals surface area contributed by atoms with Gasteiger partial charge in [0.2, 0.25) is 0 Å². The lowest BCUT2D eigenvalue weighted by Gasteiger charge is -2.40. The van der Waals surface area contributed by atoms with Crippen LogP contribution in [0.4, 0.5) is 5.69 Å². The number of morpholine rings is 1. The van der Waals surface area contributed by atoms with Crippen LogP contribution in [0, 0.1) is 0 Å². The van der Waals surface area contributed by atoms with E-state index in [9.17, 15) is 13.2 Å². The number of amides is 1. The summed E-state index contributed by atoms with van der Waals surface area (Å²) in [6.45, 7) is 5.71. The van der Waals surface area contributed by atoms with E-state index in [1.54, 1.807) is 29.2 Å². The van der Waals surface area contributed by atoms with Crippen LogP contribution in [0.5, 0.6) is 0 Å². The molecular weight excluding hydrogens is 356 g/mol. The van der Waals surface area contributed by atoms with Crippen LogP contribution >= 0.6 is 0 Å².